The van der Waals surface area contributed by atoms with Crippen molar-refractivity contribution in [1.29, 1.82) is 0 Å². The first kappa shape index (κ1) is 21.2. The highest BCUT2D eigenvalue weighted by Gasteiger charge is 2.19. The van der Waals surface area contributed by atoms with E-state index in [1.807, 2.05) is 29.2 Å². The summed E-state index contributed by atoms with van der Waals surface area (Å²) in [7, 11) is 1.68. The molecule has 1 N–H and O–H groups in total. The van der Waals surface area contributed by atoms with E-state index in [-0.39, 0.29) is 6.10 Å². The van der Waals surface area contributed by atoms with E-state index in [2.05, 4.69) is 43.5 Å². The van der Waals surface area contributed by atoms with Gasteiger partial charge in [-0.1, -0.05) is 12.1 Å². The smallest absolute Gasteiger partial charge is 0.165 e. The number of rotatable bonds is 9. The first-order valence-corrected chi connectivity index (χ1v) is 11.4. The Labute approximate surface area is 193 Å². The summed E-state index contributed by atoms with van der Waals surface area (Å²) < 4.78 is 13.8. The number of methoxy groups -OCH3 is 1. The normalized spacial score (nSPS) is 14.0. The molecule has 0 spiro atoms. The third-order valence-electron chi connectivity index (χ3n) is 6.01. The second-order valence-electron chi connectivity index (χ2n) is 8.31. The number of pyridine rings is 1. The molecule has 1 fully saturated rings. The summed E-state index contributed by atoms with van der Waals surface area (Å²) in [6.45, 7) is 1.37. The molecule has 5 rings (SSSR count). The van der Waals surface area contributed by atoms with Crippen molar-refractivity contribution in [3.05, 3.63) is 66.5 Å². The molecule has 170 valence electrons. The molecule has 1 aliphatic rings. The Morgan fingerprint density at radius 3 is 2.79 bits per heavy atom. The Bertz CT molecular complexity index is 1200. The lowest BCUT2D eigenvalue weighted by molar-refractivity contribution is 0.200. The summed E-state index contributed by atoms with van der Waals surface area (Å²) in [6.07, 6.45) is 12.9. The number of aromatic nitrogens is 5. The Morgan fingerprint density at radius 1 is 1.06 bits per heavy atom. The molecule has 0 amide bonds. The van der Waals surface area contributed by atoms with Crippen molar-refractivity contribution in [1.82, 2.24) is 24.5 Å². The second-order valence-corrected chi connectivity index (χ2v) is 8.31. The van der Waals surface area contributed by atoms with Gasteiger partial charge in [0.15, 0.2) is 23.0 Å². The van der Waals surface area contributed by atoms with Crippen LogP contribution >= 0.6 is 0 Å². The molecule has 0 bridgehead atoms. The fourth-order valence-electron chi connectivity index (χ4n) is 4.29. The van der Waals surface area contributed by atoms with E-state index >= 15 is 0 Å². The van der Waals surface area contributed by atoms with Crippen LogP contribution in [0.25, 0.3) is 11.2 Å². The van der Waals surface area contributed by atoms with Crippen molar-refractivity contribution >= 4 is 17.0 Å². The molecule has 0 aliphatic heterocycles. The molecule has 1 aliphatic carbocycles. The van der Waals surface area contributed by atoms with Crippen LogP contribution in [0.1, 0.15) is 36.8 Å². The summed E-state index contributed by atoms with van der Waals surface area (Å²) >= 11 is 0. The largest absolute Gasteiger partial charge is 0.493 e. The summed E-state index contributed by atoms with van der Waals surface area (Å²) in [4.78, 5) is 17.6. The third-order valence-corrected chi connectivity index (χ3v) is 6.01. The van der Waals surface area contributed by atoms with Gasteiger partial charge in [-0.3, -0.25) is 4.98 Å². The molecule has 0 atom stereocenters. The second kappa shape index (κ2) is 9.85. The van der Waals surface area contributed by atoms with Gasteiger partial charge in [0.1, 0.15) is 11.8 Å². The third kappa shape index (κ3) is 4.89. The minimum absolute atomic E-state index is 0.274. The number of fused-ring (bicyclic) bond motifs is 1. The maximum atomic E-state index is 6.25. The van der Waals surface area contributed by atoms with Crippen molar-refractivity contribution in [3.8, 4) is 11.5 Å². The number of nitrogens with one attached hydrogen (secondary N) is 1. The van der Waals surface area contributed by atoms with E-state index in [4.69, 9.17) is 9.47 Å². The van der Waals surface area contributed by atoms with E-state index in [1.54, 1.807) is 19.6 Å². The first-order valence-electron chi connectivity index (χ1n) is 11.4. The molecular formula is C25H28N6O2. The predicted octanol–water partition coefficient (Wildman–Crippen LogP) is 4.25. The van der Waals surface area contributed by atoms with Crippen LogP contribution < -0.4 is 14.8 Å². The van der Waals surface area contributed by atoms with Gasteiger partial charge in [0, 0.05) is 18.9 Å². The van der Waals surface area contributed by atoms with Gasteiger partial charge in [0.25, 0.3) is 0 Å². The summed E-state index contributed by atoms with van der Waals surface area (Å²) in [6, 6.07) is 10.1. The van der Waals surface area contributed by atoms with Crippen LogP contribution in [0, 0.1) is 0 Å². The predicted molar refractivity (Wildman–Crippen MR) is 127 cm³/mol. The Hall–Kier alpha value is -3.68. The van der Waals surface area contributed by atoms with Crippen molar-refractivity contribution < 1.29 is 9.47 Å². The first-order chi connectivity index (χ1) is 16.3. The van der Waals surface area contributed by atoms with Gasteiger partial charge in [-0.05, 0) is 61.4 Å². The summed E-state index contributed by atoms with van der Waals surface area (Å²) in [5.74, 6) is 2.31. The number of nitrogens with zero attached hydrogens (tertiary/aromatic N) is 5. The number of anilines is 1. The fourth-order valence-corrected chi connectivity index (χ4v) is 4.29. The van der Waals surface area contributed by atoms with Crippen LogP contribution in [-0.4, -0.2) is 44.3 Å². The highest BCUT2D eigenvalue weighted by Crippen LogP contribution is 2.33. The van der Waals surface area contributed by atoms with Gasteiger partial charge >= 0.3 is 0 Å². The SMILES string of the molecule is COc1ccc(Cn2cnc3c(NCCc4cccnc4)ncnc32)cc1OC1CCCC1. The van der Waals surface area contributed by atoms with Gasteiger partial charge in [-0.25, -0.2) is 15.0 Å². The zero-order chi connectivity index (χ0) is 22.5. The van der Waals surface area contributed by atoms with Gasteiger partial charge in [-0.15, -0.1) is 0 Å². The van der Waals surface area contributed by atoms with Crippen LogP contribution in [0.5, 0.6) is 11.5 Å². The summed E-state index contributed by atoms with van der Waals surface area (Å²) in [5.41, 5.74) is 3.84. The molecule has 1 aromatic carbocycles. The zero-order valence-corrected chi connectivity index (χ0v) is 18.8. The average molecular weight is 445 g/mol. The van der Waals surface area contributed by atoms with Gasteiger partial charge < -0.3 is 19.4 Å². The molecule has 8 nitrogen and oxygen atoms in total. The monoisotopic (exact) mass is 444 g/mol. The van der Waals surface area contributed by atoms with Crippen LogP contribution in [0.4, 0.5) is 5.82 Å². The lowest BCUT2D eigenvalue weighted by atomic mass is 10.2. The van der Waals surface area contributed by atoms with Crippen molar-refractivity contribution in [2.75, 3.05) is 19.0 Å². The Kier molecular flexibility index (Phi) is 6.32. The molecule has 1 saturated carbocycles. The standard InChI is InChI=1S/C25H28N6O2/c1-32-21-9-8-19(13-22(21)33-20-6-2-3-7-20)15-31-17-30-23-24(28-16-29-25(23)31)27-12-10-18-5-4-11-26-14-18/h4-5,8-9,11,13-14,16-17,20H,2-3,6-7,10,12,15H2,1H3,(H,27,28,29). The van der Waals surface area contributed by atoms with E-state index < -0.39 is 0 Å². The zero-order valence-electron chi connectivity index (χ0n) is 18.8. The molecule has 33 heavy (non-hydrogen) atoms. The highest BCUT2D eigenvalue weighted by molar-refractivity contribution is 5.82. The lowest BCUT2D eigenvalue weighted by Crippen LogP contribution is -2.12. The molecule has 0 radical (unpaired) electrons. The molecular weight excluding hydrogens is 416 g/mol. The van der Waals surface area contributed by atoms with Crippen molar-refractivity contribution in [2.45, 2.75) is 44.8 Å². The van der Waals surface area contributed by atoms with Gasteiger partial charge in [-0.2, -0.15) is 0 Å². The molecule has 0 unspecified atom stereocenters. The molecule has 3 aromatic heterocycles. The van der Waals surface area contributed by atoms with Crippen LogP contribution in [0.3, 0.4) is 0 Å². The minimum atomic E-state index is 0.274. The number of benzene rings is 1. The van der Waals surface area contributed by atoms with Gasteiger partial charge in [0.2, 0.25) is 0 Å². The van der Waals surface area contributed by atoms with Crippen molar-refractivity contribution in [2.24, 2.45) is 0 Å². The van der Waals surface area contributed by atoms with Crippen LogP contribution in [-0.2, 0) is 13.0 Å². The molecule has 8 heteroatoms. The Morgan fingerprint density at radius 2 is 1.97 bits per heavy atom. The van der Waals surface area contributed by atoms with Gasteiger partial charge in [0.05, 0.1) is 26.1 Å². The maximum Gasteiger partial charge on any atom is 0.165 e. The number of hydrogen-bond donors (Lipinski definition) is 1. The fraction of sp³-hybridized carbons (Fsp3) is 0.360. The van der Waals surface area contributed by atoms with Crippen molar-refractivity contribution in [3.63, 3.8) is 0 Å². The number of hydrogen-bond acceptors (Lipinski definition) is 7. The number of ether oxygens (including phenoxy) is 2. The van der Waals surface area contributed by atoms with Crippen LogP contribution in [0.2, 0.25) is 0 Å². The van der Waals surface area contributed by atoms with E-state index in [0.717, 1.165) is 59.9 Å². The van der Waals surface area contributed by atoms with Crippen LogP contribution in [0.15, 0.2) is 55.4 Å². The summed E-state index contributed by atoms with van der Waals surface area (Å²) in [5, 5.41) is 3.39. The van der Waals surface area contributed by atoms with E-state index in [0.29, 0.717) is 6.54 Å². The number of imidazole rings is 1. The minimum Gasteiger partial charge on any atom is -0.493 e. The molecule has 4 aromatic rings. The van der Waals surface area contributed by atoms with E-state index in [1.165, 1.54) is 18.4 Å². The average Bonchev–Trinajstić information content (AvgIpc) is 3.51. The quantitative estimate of drug-likeness (QED) is 0.413. The van der Waals surface area contributed by atoms with E-state index in [9.17, 15) is 0 Å². The Balaban J connectivity index is 1.31. The maximum absolute atomic E-state index is 6.25. The lowest BCUT2D eigenvalue weighted by Gasteiger charge is -2.17. The molecule has 3 heterocycles. The highest BCUT2D eigenvalue weighted by atomic mass is 16.5. The topological polar surface area (TPSA) is 87.0 Å². The molecule has 0 saturated heterocycles.